The summed E-state index contributed by atoms with van der Waals surface area (Å²) in [6.45, 7) is 11.0. The van der Waals surface area contributed by atoms with E-state index in [-0.39, 0.29) is 5.97 Å². The van der Waals surface area contributed by atoms with Crippen molar-refractivity contribution in [1.82, 2.24) is 0 Å². The second kappa shape index (κ2) is 3.62. The van der Waals surface area contributed by atoms with Crippen LogP contribution in [0.2, 0.25) is 0 Å². The number of ether oxygens (including phenoxy) is 1. The lowest BCUT2D eigenvalue weighted by atomic mass is 9.82. The summed E-state index contributed by atoms with van der Waals surface area (Å²) in [4.78, 5) is 11.8. The third-order valence-corrected chi connectivity index (χ3v) is 3.90. The van der Waals surface area contributed by atoms with Crippen molar-refractivity contribution in [3.8, 4) is 0 Å². The first kappa shape index (κ1) is 11.2. The summed E-state index contributed by atoms with van der Waals surface area (Å²) < 4.78 is 5.21. The predicted molar refractivity (Wildman–Crippen MR) is 64.1 cm³/mol. The maximum absolute atomic E-state index is 11.8. The molecule has 0 saturated carbocycles. The smallest absolute Gasteiger partial charge is 0.338 e. The van der Waals surface area contributed by atoms with E-state index in [1.807, 2.05) is 6.92 Å². The fourth-order valence-electron chi connectivity index (χ4n) is 2.58. The summed E-state index contributed by atoms with van der Waals surface area (Å²) in [7, 11) is 0. The third-order valence-electron chi connectivity index (χ3n) is 3.90. The number of benzene rings is 1. The largest absolute Gasteiger partial charge is 0.461 e. The van der Waals surface area contributed by atoms with Crippen molar-refractivity contribution in [2.45, 2.75) is 40.5 Å². The fraction of sp³-hybridized carbons (Fsp3) is 0.500. The van der Waals surface area contributed by atoms with E-state index in [1.165, 1.54) is 22.3 Å². The Morgan fingerprint density at radius 1 is 1.00 bits per heavy atom. The van der Waals surface area contributed by atoms with Crippen molar-refractivity contribution in [3.05, 3.63) is 33.4 Å². The average molecular weight is 218 g/mol. The third kappa shape index (κ3) is 1.36. The molecule has 0 spiro atoms. The maximum Gasteiger partial charge on any atom is 0.338 e. The fourth-order valence-corrected chi connectivity index (χ4v) is 2.58. The van der Waals surface area contributed by atoms with Gasteiger partial charge in [-0.25, -0.2) is 4.79 Å². The highest BCUT2D eigenvalue weighted by molar-refractivity contribution is 5.95. The summed E-state index contributed by atoms with van der Waals surface area (Å²) in [6, 6.07) is 0. The van der Waals surface area contributed by atoms with Crippen molar-refractivity contribution >= 4 is 5.97 Å². The van der Waals surface area contributed by atoms with Gasteiger partial charge in [0.15, 0.2) is 0 Å². The van der Waals surface area contributed by atoms with Gasteiger partial charge in [-0.2, -0.15) is 0 Å². The van der Waals surface area contributed by atoms with Gasteiger partial charge >= 0.3 is 5.97 Å². The Kier molecular flexibility index (Phi) is 2.53. The van der Waals surface area contributed by atoms with Gasteiger partial charge < -0.3 is 4.74 Å². The molecular formula is C14H18O2. The number of hydrogen-bond acceptors (Lipinski definition) is 2. The van der Waals surface area contributed by atoms with Gasteiger partial charge in [-0.05, 0) is 55.5 Å². The summed E-state index contributed by atoms with van der Waals surface area (Å²) in [5.41, 5.74) is 6.84. The number of hydrogen-bond donors (Lipinski definition) is 0. The molecule has 1 aliphatic rings. The lowest BCUT2D eigenvalue weighted by Crippen LogP contribution is -2.24. The minimum atomic E-state index is -0.156. The van der Waals surface area contributed by atoms with Gasteiger partial charge in [0.25, 0.3) is 0 Å². The molecule has 2 nitrogen and oxygen atoms in total. The van der Waals surface area contributed by atoms with E-state index in [0.29, 0.717) is 12.5 Å². The molecule has 1 atom stereocenters. The first-order chi connectivity index (χ1) is 7.45. The van der Waals surface area contributed by atoms with Crippen molar-refractivity contribution in [1.29, 1.82) is 0 Å². The lowest BCUT2D eigenvalue weighted by Gasteiger charge is -2.27. The van der Waals surface area contributed by atoms with E-state index in [2.05, 4.69) is 27.7 Å². The molecule has 0 aromatic heterocycles. The lowest BCUT2D eigenvalue weighted by molar-refractivity contribution is 0.0446. The number of rotatable bonds is 0. The number of cyclic esters (lactones) is 1. The highest BCUT2D eigenvalue weighted by Gasteiger charge is 2.29. The van der Waals surface area contributed by atoms with E-state index in [0.717, 1.165) is 11.1 Å². The number of carbonyl (C=O) groups excluding carboxylic acids is 1. The quantitative estimate of drug-likeness (QED) is 0.625. The Balaban J connectivity index is 2.84. The van der Waals surface area contributed by atoms with Gasteiger partial charge in [0.05, 0.1) is 12.2 Å². The van der Waals surface area contributed by atoms with E-state index < -0.39 is 0 Å². The van der Waals surface area contributed by atoms with Crippen LogP contribution in [0.15, 0.2) is 0 Å². The predicted octanol–water partition coefficient (Wildman–Crippen LogP) is 3.19. The molecule has 2 rings (SSSR count). The topological polar surface area (TPSA) is 26.3 Å². The molecule has 1 aliphatic heterocycles. The van der Waals surface area contributed by atoms with Crippen LogP contribution in [-0.2, 0) is 4.74 Å². The summed E-state index contributed by atoms with van der Waals surface area (Å²) in [6.07, 6.45) is 0. The minimum absolute atomic E-state index is 0.156. The van der Waals surface area contributed by atoms with Crippen LogP contribution in [0.25, 0.3) is 0 Å². The van der Waals surface area contributed by atoms with Crippen LogP contribution >= 0.6 is 0 Å². The second-order valence-corrected chi connectivity index (χ2v) is 4.79. The minimum Gasteiger partial charge on any atom is -0.461 e. The molecule has 86 valence electrons. The van der Waals surface area contributed by atoms with Crippen molar-refractivity contribution in [2.24, 2.45) is 0 Å². The first-order valence-corrected chi connectivity index (χ1v) is 5.72. The molecule has 0 radical (unpaired) electrons. The zero-order chi connectivity index (χ0) is 12.0. The van der Waals surface area contributed by atoms with Gasteiger partial charge in [0.2, 0.25) is 0 Å². The molecule has 1 unspecified atom stereocenters. The molecule has 2 heteroatoms. The Bertz CT molecular complexity index is 472. The van der Waals surface area contributed by atoms with Crippen LogP contribution < -0.4 is 0 Å². The molecule has 0 N–H and O–H groups in total. The molecule has 0 amide bonds. The number of carbonyl (C=O) groups is 1. The first-order valence-electron chi connectivity index (χ1n) is 5.72. The van der Waals surface area contributed by atoms with Crippen LogP contribution in [0, 0.1) is 27.7 Å². The van der Waals surface area contributed by atoms with E-state index in [4.69, 9.17) is 4.74 Å². The van der Waals surface area contributed by atoms with Gasteiger partial charge in [-0.15, -0.1) is 0 Å². The van der Waals surface area contributed by atoms with Gasteiger partial charge in [-0.1, -0.05) is 6.92 Å². The Morgan fingerprint density at radius 3 is 2.19 bits per heavy atom. The Hall–Kier alpha value is -1.31. The highest BCUT2D eigenvalue weighted by Crippen LogP contribution is 2.35. The molecule has 16 heavy (non-hydrogen) atoms. The molecule has 1 heterocycles. The number of fused-ring (bicyclic) bond motifs is 1. The highest BCUT2D eigenvalue weighted by atomic mass is 16.5. The van der Waals surface area contributed by atoms with Crippen LogP contribution in [0.1, 0.15) is 51.0 Å². The average Bonchev–Trinajstić information content (AvgIpc) is 2.26. The maximum atomic E-state index is 11.8. The van der Waals surface area contributed by atoms with Crippen LogP contribution in [-0.4, -0.2) is 12.6 Å². The second-order valence-electron chi connectivity index (χ2n) is 4.79. The zero-order valence-electron chi connectivity index (χ0n) is 10.6. The molecule has 1 aromatic carbocycles. The van der Waals surface area contributed by atoms with Crippen LogP contribution in [0.3, 0.4) is 0 Å². The summed E-state index contributed by atoms with van der Waals surface area (Å²) in [5.74, 6) is 0.155. The zero-order valence-corrected chi connectivity index (χ0v) is 10.6. The van der Waals surface area contributed by atoms with Crippen LogP contribution in [0.5, 0.6) is 0 Å². The van der Waals surface area contributed by atoms with Crippen molar-refractivity contribution in [3.63, 3.8) is 0 Å². The molecule has 0 fully saturated rings. The molecule has 0 aliphatic carbocycles. The summed E-state index contributed by atoms with van der Waals surface area (Å²) in [5, 5.41) is 0. The monoisotopic (exact) mass is 218 g/mol. The molecular weight excluding hydrogens is 200 g/mol. The molecule has 0 saturated heterocycles. The Morgan fingerprint density at radius 2 is 1.56 bits per heavy atom. The summed E-state index contributed by atoms with van der Waals surface area (Å²) >= 11 is 0. The van der Waals surface area contributed by atoms with Gasteiger partial charge in [0.1, 0.15) is 0 Å². The Labute approximate surface area is 96.6 Å². The van der Waals surface area contributed by atoms with E-state index in [1.54, 1.807) is 0 Å². The SMILES string of the molecule is Cc1c(C)c(C)c2c(c1C)C(=O)OCC2C. The van der Waals surface area contributed by atoms with Gasteiger partial charge in [0, 0.05) is 5.92 Å². The van der Waals surface area contributed by atoms with E-state index in [9.17, 15) is 4.79 Å². The molecule has 1 aromatic rings. The van der Waals surface area contributed by atoms with Gasteiger partial charge in [-0.3, -0.25) is 0 Å². The van der Waals surface area contributed by atoms with Crippen LogP contribution in [0.4, 0.5) is 0 Å². The van der Waals surface area contributed by atoms with E-state index >= 15 is 0 Å². The molecule has 0 bridgehead atoms. The number of esters is 1. The van der Waals surface area contributed by atoms with Crippen molar-refractivity contribution in [2.75, 3.05) is 6.61 Å². The van der Waals surface area contributed by atoms with Crippen molar-refractivity contribution < 1.29 is 9.53 Å². The normalized spacial score (nSPS) is 19.3. The standard InChI is InChI=1S/C14H18O2/c1-7-6-16-14(15)13-11(5)9(3)8(2)10(4)12(7)13/h7H,6H2,1-5H3.